The predicted octanol–water partition coefficient (Wildman–Crippen LogP) is 5.51. The van der Waals surface area contributed by atoms with Crippen LogP contribution in [0.4, 0.5) is 13.2 Å². The van der Waals surface area contributed by atoms with E-state index in [1.54, 1.807) is 36.4 Å². The molecule has 0 aliphatic rings. The Morgan fingerprint density at radius 3 is 2.57 bits per heavy atom. The molecule has 1 N–H and O–H groups in total. The maximum Gasteiger partial charge on any atom is 0.417 e. The highest BCUT2D eigenvalue weighted by Crippen LogP contribution is 2.38. The van der Waals surface area contributed by atoms with Gasteiger partial charge in [-0.15, -0.1) is 11.3 Å². The maximum absolute atomic E-state index is 13.9. The smallest absolute Gasteiger partial charge is 0.417 e. The van der Waals surface area contributed by atoms with Crippen molar-refractivity contribution < 1.29 is 17.9 Å². The molecule has 30 heavy (non-hydrogen) atoms. The number of aryl methyl sites for hydroxylation is 1. The van der Waals surface area contributed by atoms with Gasteiger partial charge in [0.1, 0.15) is 5.75 Å². The van der Waals surface area contributed by atoms with Crippen LogP contribution in [0.1, 0.15) is 10.4 Å². The highest BCUT2D eigenvalue weighted by Gasteiger charge is 2.36. The van der Waals surface area contributed by atoms with Crippen LogP contribution in [0.3, 0.4) is 0 Å². The lowest BCUT2D eigenvalue weighted by molar-refractivity contribution is -0.136. The third-order valence-corrected chi connectivity index (χ3v) is 5.79. The summed E-state index contributed by atoms with van der Waals surface area (Å²) in [6, 6.07) is 11.1. The first kappa shape index (κ1) is 20.3. The minimum atomic E-state index is -4.77. The standard InChI is InChI=1S/C20H14F3N3O2S2/c1-10-7-8-15(30-10)12-9-11(20(21,22)23)16-17(24-12)26(19(29)25-18(16)27)13-5-3-4-6-14(13)28-2/h3-9H,1-2H3,(H,25,27,29). The van der Waals surface area contributed by atoms with Crippen LogP contribution in [0.25, 0.3) is 27.3 Å². The number of rotatable bonds is 3. The van der Waals surface area contributed by atoms with E-state index in [9.17, 15) is 18.0 Å². The second-order valence-corrected chi connectivity index (χ2v) is 8.10. The normalized spacial score (nSPS) is 11.8. The fraction of sp³-hybridized carbons (Fsp3) is 0.150. The minimum absolute atomic E-state index is 0.0860. The van der Waals surface area contributed by atoms with Crippen LogP contribution >= 0.6 is 23.6 Å². The van der Waals surface area contributed by atoms with Gasteiger partial charge in [-0.1, -0.05) is 12.1 Å². The molecule has 0 saturated heterocycles. The molecule has 10 heteroatoms. The van der Waals surface area contributed by atoms with Gasteiger partial charge in [0.2, 0.25) is 0 Å². The van der Waals surface area contributed by atoms with Crippen molar-refractivity contribution in [2.45, 2.75) is 13.1 Å². The van der Waals surface area contributed by atoms with Crippen molar-refractivity contribution >= 4 is 34.6 Å². The first-order valence-electron chi connectivity index (χ1n) is 8.68. The number of fused-ring (bicyclic) bond motifs is 1. The monoisotopic (exact) mass is 449 g/mol. The van der Waals surface area contributed by atoms with Crippen molar-refractivity contribution in [3.8, 4) is 22.0 Å². The van der Waals surface area contributed by atoms with Gasteiger partial charge in [-0.25, -0.2) is 4.98 Å². The third-order valence-electron chi connectivity index (χ3n) is 4.49. The van der Waals surface area contributed by atoms with Crippen LogP contribution in [0, 0.1) is 11.7 Å². The van der Waals surface area contributed by atoms with Crippen molar-refractivity contribution in [2.24, 2.45) is 0 Å². The minimum Gasteiger partial charge on any atom is -0.495 e. The molecule has 5 nitrogen and oxygen atoms in total. The third kappa shape index (κ3) is 3.41. The molecule has 0 aliphatic heterocycles. The molecule has 0 bridgehead atoms. The molecule has 4 aromatic rings. The first-order valence-corrected chi connectivity index (χ1v) is 9.90. The van der Waals surface area contributed by atoms with E-state index in [1.807, 2.05) is 6.92 Å². The van der Waals surface area contributed by atoms with Gasteiger partial charge in [0.05, 0.1) is 34.3 Å². The Morgan fingerprint density at radius 2 is 1.93 bits per heavy atom. The van der Waals surface area contributed by atoms with Gasteiger partial charge >= 0.3 is 6.18 Å². The summed E-state index contributed by atoms with van der Waals surface area (Å²) in [5.74, 6) is 0.370. The number of aromatic nitrogens is 3. The van der Waals surface area contributed by atoms with Crippen molar-refractivity contribution in [3.63, 3.8) is 0 Å². The van der Waals surface area contributed by atoms with Crippen molar-refractivity contribution in [1.29, 1.82) is 0 Å². The maximum atomic E-state index is 13.9. The van der Waals surface area contributed by atoms with Gasteiger partial charge in [-0.05, 0) is 49.5 Å². The number of hydrogen-bond acceptors (Lipinski definition) is 5. The Kier molecular flexibility index (Phi) is 4.99. The zero-order valence-corrected chi connectivity index (χ0v) is 17.3. The topological polar surface area (TPSA) is 59.9 Å². The molecule has 0 spiro atoms. The van der Waals surface area contributed by atoms with E-state index in [1.165, 1.54) is 23.0 Å². The van der Waals surface area contributed by atoms with Crippen LogP contribution in [-0.2, 0) is 6.18 Å². The van der Waals surface area contributed by atoms with E-state index < -0.39 is 22.7 Å². The molecule has 154 valence electrons. The highest BCUT2D eigenvalue weighted by atomic mass is 32.1. The molecule has 0 fully saturated rings. The lowest BCUT2D eigenvalue weighted by atomic mass is 10.1. The number of H-pyrrole nitrogens is 1. The summed E-state index contributed by atoms with van der Waals surface area (Å²) < 4.78 is 48.4. The number of para-hydroxylation sites is 2. The lowest BCUT2D eigenvalue weighted by Gasteiger charge is -2.17. The molecule has 0 unspecified atom stereocenters. The quantitative estimate of drug-likeness (QED) is 0.419. The summed E-state index contributed by atoms with van der Waals surface area (Å²) in [4.78, 5) is 20.8. The second kappa shape index (κ2) is 7.37. The zero-order valence-electron chi connectivity index (χ0n) is 15.7. The molecule has 4 rings (SSSR count). The molecule has 0 aliphatic carbocycles. The van der Waals surface area contributed by atoms with E-state index in [2.05, 4.69) is 9.97 Å². The number of alkyl halides is 3. The Labute approximate surface area is 177 Å². The van der Waals surface area contributed by atoms with Crippen LogP contribution in [0.2, 0.25) is 0 Å². The van der Waals surface area contributed by atoms with E-state index in [0.29, 0.717) is 16.3 Å². The van der Waals surface area contributed by atoms with E-state index in [0.717, 1.165) is 10.9 Å². The fourth-order valence-corrected chi connectivity index (χ4v) is 4.29. The SMILES string of the molecule is COc1ccccc1-n1c(=S)[nH]c(=O)c2c(C(F)(F)F)cc(-c3ccc(C)s3)nc21. The molecular formula is C20H14F3N3O2S2. The molecule has 0 amide bonds. The number of methoxy groups -OCH3 is 1. The Bertz CT molecular complexity index is 1390. The summed E-state index contributed by atoms with van der Waals surface area (Å²) in [5, 5.41) is -0.584. The molecule has 3 aromatic heterocycles. The van der Waals surface area contributed by atoms with Gasteiger partial charge in [0.15, 0.2) is 10.4 Å². The van der Waals surface area contributed by atoms with Crippen LogP contribution in [0.5, 0.6) is 5.75 Å². The number of hydrogen-bond donors (Lipinski definition) is 1. The van der Waals surface area contributed by atoms with E-state index in [-0.39, 0.29) is 16.1 Å². The average Bonchev–Trinajstić information content (AvgIpc) is 3.13. The van der Waals surface area contributed by atoms with Gasteiger partial charge < -0.3 is 4.74 Å². The number of aromatic amines is 1. The average molecular weight is 449 g/mol. The number of thiophene rings is 1. The van der Waals surface area contributed by atoms with Crippen LogP contribution in [-0.4, -0.2) is 21.6 Å². The van der Waals surface area contributed by atoms with Gasteiger partial charge in [-0.3, -0.25) is 14.3 Å². The Balaban J connectivity index is 2.21. The molecule has 0 atom stereocenters. The van der Waals surface area contributed by atoms with E-state index in [4.69, 9.17) is 17.0 Å². The second-order valence-electron chi connectivity index (χ2n) is 6.43. The number of halogens is 3. The Morgan fingerprint density at radius 1 is 1.20 bits per heavy atom. The highest BCUT2D eigenvalue weighted by molar-refractivity contribution is 7.71. The number of benzene rings is 1. The number of pyridine rings is 1. The number of nitrogens with zero attached hydrogens (tertiary/aromatic N) is 2. The number of ether oxygens (including phenoxy) is 1. The van der Waals surface area contributed by atoms with Crippen molar-refractivity contribution in [3.05, 3.63) is 68.0 Å². The number of nitrogens with one attached hydrogen (secondary N) is 1. The van der Waals surface area contributed by atoms with Gasteiger partial charge in [-0.2, -0.15) is 13.2 Å². The van der Waals surface area contributed by atoms with Gasteiger partial charge in [0, 0.05) is 4.88 Å². The molecular weight excluding hydrogens is 435 g/mol. The molecule has 3 heterocycles. The summed E-state index contributed by atoms with van der Waals surface area (Å²) in [6.45, 7) is 1.85. The summed E-state index contributed by atoms with van der Waals surface area (Å²) in [5.41, 5.74) is -1.74. The van der Waals surface area contributed by atoms with Crippen LogP contribution in [0.15, 0.2) is 47.3 Å². The van der Waals surface area contributed by atoms with Crippen LogP contribution < -0.4 is 10.3 Å². The predicted molar refractivity (Wildman–Crippen MR) is 112 cm³/mol. The van der Waals surface area contributed by atoms with Crippen molar-refractivity contribution in [1.82, 2.24) is 14.5 Å². The molecule has 1 aromatic carbocycles. The molecule has 0 saturated carbocycles. The van der Waals surface area contributed by atoms with Gasteiger partial charge in [0.25, 0.3) is 5.56 Å². The summed E-state index contributed by atoms with van der Waals surface area (Å²) in [7, 11) is 1.44. The zero-order chi connectivity index (χ0) is 21.6. The Hall–Kier alpha value is -2.98. The largest absolute Gasteiger partial charge is 0.495 e. The fourth-order valence-electron chi connectivity index (χ4n) is 3.19. The van der Waals surface area contributed by atoms with E-state index >= 15 is 0 Å². The first-order chi connectivity index (χ1) is 14.2. The lowest BCUT2D eigenvalue weighted by Crippen LogP contribution is -2.20. The van der Waals surface area contributed by atoms with Crippen molar-refractivity contribution in [2.75, 3.05) is 7.11 Å². The summed E-state index contributed by atoms with van der Waals surface area (Å²) in [6.07, 6.45) is -4.77. The molecule has 0 radical (unpaired) electrons. The summed E-state index contributed by atoms with van der Waals surface area (Å²) >= 11 is 6.60.